The Morgan fingerprint density at radius 3 is 2.45 bits per heavy atom. The second-order valence-corrected chi connectivity index (χ2v) is 9.71. The van der Waals surface area contributed by atoms with Crippen molar-refractivity contribution in [2.75, 3.05) is 33.2 Å². The summed E-state index contributed by atoms with van der Waals surface area (Å²) in [5.74, 6) is 0.918. The van der Waals surface area contributed by atoms with Crippen LogP contribution in [0.25, 0.3) is 0 Å². The number of nitrogens with zero attached hydrogens (tertiary/aromatic N) is 3. The monoisotopic (exact) mass is 427 g/mol. The second kappa shape index (κ2) is 10.8. The minimum Gasteiger partial charge on any atom is -0.373 e. The average Bonchev–Trinajstić information content (AvgIpc) is 3.43. The third kappa shape index (κ3) is 6.21. The largest absolute Gasteiger partial charge is 0.373 e. The number of hydrogen-bond acceptors (Lipinski definition) is 4. The molecule has 3 atom stereocenters. The summed E-state index contributed by atoms with van der Waals surface area (Å²) in [7, 11) is 1.88. The van der Waals surface area contributed by atoms with Crippen LogP contribution in [0.4, 0.5) is 0 Å². The van der Waals surface area contributed by atoms with Gasteiger partial charge in [-0.05, 0) is 44.2 Å². The van der Waals surface area contributed by atoms with E-state index in [4.69, 9.17) is 4.74 Å². The van der Waals surface area contributed by atoms with E-state index < -0.39 is 0 Å². The maximum absolute atomic E-state index is 5.90. The SMILES string of the molecule is CN=C(NCc1ccccc1CN1CC(C)OC(C)C1)NC1CCN(C2CCCC2)C1. The molecule has 0 spiro atoms. The minimum absolute atomic E-state index is 0.298. The van der Waals surface area contributed by atoms with Gasteiger partial charge in [0, 0.05) is 58.4 Å². The van der Waals surface area contributed by atoms with Crippen molar-refractivity contribution < 1.29 is 4.74 Å². The Kier molecular flexibility index (Phi) is 7.86. The molecule has 1 aromatic rings. The molecule has 2 aliphatic heterocycles. The molecule has 0 amide bonds. The number of guanidine groups is 1. The van der Waals surface area contributed by atoms with Crippen LogP contribution in [0.3, 0.4) is 0 Å². The highest BCUT2D eigenvalue weighted by Gasteiger charge is 2.30. The molecular formula is C25H41N5O. The van der Waals surface area contributed by atoms with Crippen LogP contribution in [0.2, 0.25) is 0 Å². The number of benzene rings is 1. The lowest BCUT2D eigenvalue weighted by molar-refractivity contribution is -0.0705. The number of likely N-dealkylation sites (tertiary alicyclic amines) is 1. The molecule has 2 saturated heterocycles. The lowest BCUT2D eigenvalue weighted by Gasteiger charge is -2.35. The van der Waals surface area contributed by atoms with Gasteiger partial charge >= 0.3 is 0 Å². The van der Waals surface area contributed by atoms with Gasteiger partial charge < -0.3 is 15.4 Å². The van der Waals surface area contributed by atoms with E-state index in [0.29, 0.717) is 18.2 Å². The van der Waals surface area contributed by atoms with Gasteiger partial charge in [-0.1, -0.05) is 37.1 Å². The fourth-order valence-electron chi connectivity index (χ4n) is 5.61. The first-order valence-corrected chi connectivity index (χ1v) is 12.3. The van der Waals surface area contributed by atoms with E-state index in [2.05, 4.69) is 63.5 Å². The molecule has 4 rings (SSSR count). The smallest absolute Gasteiger partial charge is 0.191 e. The van der Waals surface area contributed by atoms with Gasteiger partial charge in [0.15, 0.2) is 5.96 Å². The predicted octanol–water partition coefficient (Wildman–Crippen LogP) is 2.98. The third-order valence-corrected chi connectivity index (χ3v) is 7.08. The molecular weight excluding hydrogens is 386 g/mol. The van der Waals surface area contributed by atoms with Crippen molar-refractivity contribution in [1.82, 2.24) is 20.4 Å². The van der Waals surface area contributed by atoms with Crippen molar-refractivity contribution in [2.24, 2.45) is 4.99 Å². The van der Waals surface area contributed by atoms with Crippen LogP contribution in [0.5, 0.6) is 0 Å². The van der Waals surface area contributed by atoms with Crippen LogP contribution in [-0.4, -0.2) is 73.3 Å². The quantitative estimate of drug-likeness (QED) is 0.540. The molecule has 0 radical (unpaired) electrons. The summed E-state index contributed by atoms with van der Waals surface area (Å²) in [4.78, 5) is 9.71. The third-order valence-electron chi connectivity index (χ3n) is 7.08. The van der Waals surface area contributed by atoms with Gasteiger partial charge in [-0.3, -0.25) is 14.8 Å². The topological polar surface area (TPSA) is 52.1 Å². The number of hydrogen-bond donors (Lipinski definition) is 2. The van der Waals surface area contributed by atoms with E-state index in [9.17, 15) is 0 Å². The Labute approximate surface area is 188 Å². The number of morpholine rings is 1. The fraction of sp³-hybridized carbons (Fsp3) is 0.720. The minimum atomic E-state index is 0.298. The molecule has 2 heterocycles. The standard InChI is InChI=1S/C25H41N5O/c1-19-15-29(16-20(2)31-19)17-22-9-5-4-8-21(22)14-27-25(26-3)28-23-12-13-30(18-23)24-10-6-7-11-24/h4-5,8-9,19-20,23-24H,6-7,10-18H2,1-3H3,(H2,26,27,28). The van der Waals surface area contributed by atoms with Gasteiger partial charge in [-0.15, -0.1) is 0 Å². The van der Waals surface area contributed by atoms with Gasteiger partial charge in [-0.25, -0.2) is 0 Å². The van der Waals surface area contributed by atoms with E-state index in [0.717, 1.165) is 44.7 Å². The predicted molar refractivity (Wildman–Crippen MR) is 127 cm³/mol. The lowest BCUT2D eigenvalue weighted by atomic mass is 10.1. The molecule has 1 aromatic carbocycles. The highest BCUT2D eigenvalue weighted by molar-refractivity contribution is 5.80. The van der Waals surface area contributed by atoms with Crippen molar-refractivity contribution in [1.29, 1.82) is 0 Å². The van der Waals surface area contributed by atoms with Gasteiger partial charge in [0.2, 0.25) is 0 Å². The molecule has 1 aliphatic carbocycles. The van der Waals surface area contributed by atoms with E-state index >= 15 is 0 Å². The maximum Gasteiger partial charge on any atom is 0.191 e. The molecule has 3 unspecified atom stereocenters. The molecule has 2 N–H and O–H groups in total. The number of aliphatic imine (C=N–C) groups is 1. The summed E-state index contributed by atoms with van der Waals surface area (Å²) in [6.07, 6.45) is 7.39. The van der Waals surface area contributed by atoms with Crippen LogP contribution in [0.15, 0.2) is 29.3 Å². The highest BCUT2D eigenvalue weighted by atomic mass is 16.5. The molecule has 31 heavy (non-hydrogen) atoms. The van der Waals surface area contributed by atoms with Crippen molar-refractivity contribution in [3.63, 3.8) is 0 Å². The summed E-state index contributed by atoms with van der Waals surface area (Å²) in [6.45, 7) is 10.5. The summed E-state index contributed by atoms with van der Waals surface area (Å²) < 4.78 is 5.90. The normalized spacial score (nSPS) is 28.9. The van der Waals surface area contributed by atoms with Crippen LogP contribution in [0.1, 0.15) is 57.1 Å². The molecule has 0 bridgehead atoms. The Bertz CT molecular complexity index is 722. The average molecular weight is 428 g/mol. The maximum atomic E-state index is 5.90. The zero-order valence-electron chi connectivity index (χ0n) is 19.6. The van der Waals surface area contributed by atoms with Gasteiger partial charge in [0.25, 0.3) is 0 Å². The van der Waals surface area contributed by atoms with E-state index in [-0.39, 0.29) is 0 Å². The first-order valence-electron chi connectivity index (χ1n) is 12.3. The summed E-state index contributed by atoms with van der Waals surface area (Å²) >= 11 is 0. The zero-order valence-corrected chi connectivity index (χ0v) is 19.6. The Morgan fingerprint density at radius 1 is 1.03 bits per heavy atom. The number of ether oxygens (including phenoxy) is 1. The Hall–Kier alpha value is -1.63. The molecule has 3 aliphatic rings. The zero-order chi connectivity index (χ0) is 21.6. The lowest BCUT2D eigenvalue weighted by Crippen LogP contribution is -2.45. The Morgan fingerprint density at radius 2 is 1.74 bits per heavy atom. The molecule has 3 fully saturated rings. The van der Waals surface area contributed by atoms with Gasteiger partial charge in [0.05, 0.1) is 12.2 Å². The number of rotatable bonds is 6. The second-order valence-electron chi connectivity index (χ2n) is 9.71. The van der Waals surface area contributed by atoms with E-state index in [1.54, 1.807) is 0 Å². The van der Waals surface area contributed by atoms with Crippen LogP contribution >= 0.6 is 0 Å². The van der Waals surface area contributed by atoms with E-state index in [1.165, 1.54) is 49.8 Å². The van der Waals surface area contributed by atoms with Gasteiger partial charge in [-0.2, -0.15) is 0 Å². The Balaban J connectivity index is 1.29. The molecule has 172 valence electrons. The van der Waals surface area contributed by atoms with Crippen molar-refractivity contribution in [3.05, 3.63) is 35.4 Å². The van der Waals surface area contributed by atoms with Gasteiger partial charge in [0.1, 0.15) is 0 Å². The molecule has 1 saturated carbocycles. The molecule has 6 nitrogen and oxygen atoms in total. The molecule has 0 aromatic heterocycles. The first kappa shape index (κ1) is 22.6. The van der Waals surface area contributed by atoms with Crippen molar-refractivity contribution >= 4 is 5.96 Å². The fourth-order valence-corrected chi connectivity index (χ4v) is 5.61. The van der Waals surface area contributed by atoms with Crippen molar-refractivity contribution in [2.45, 2.75) is 83.3 Å². The van der Waals surface area contributed by atoms with Crippen LogP contribution in [0, 0.1) is 0 Å². The summed E-state index contributed by atoms with van der Waals surface area (Å²) in [5.41, 5.74) is 2.73. The van der Waals surface area contributed by atoms with Crippen LogP contribution in [-0.2, 0) is 17.8 Å². The van der Waals surface area contributed by atoms with Crippen molar-refractivity contribution in [3.8, 4) is 0 Å². The highest BCUT2D eigenvalue weighted by Crippen LogP contribution is 2.26. The molecule has 6 heteroatoms. The van der Waals surface area contributed by atoms with E-state index in [1.807, 2.05) is 7.05 Å². The number of nitrogens with one attached hydrogen (secondary N) is 2. The summed E-state index contributed by atoms with van der Waals surface area (Å²) in [6, 6.07) is 10.1. The van der Waals surface area contributed by atoms with Crippen LogP contribution < -0.4 is 10.6 Å². The first-order chi connectivity index (χ1) is 15.1. The summed E-state index contributed by atoms with van der Waals surface area (Å²) in [5, 5.41) is 7.24.